The minimum absolute atomic E-state index is 0.269. The molecule has 0 aliphatic heterocycles. The van der Waals surface area contributed by atoms with Crippen LogP contribution in [0.25, 0.3) is 0 Å². The fraction of sp³-hybridized carbons (Fsp3) is 0.455. The van der Waals surface area contributed by atoms with E-state index >= 15 is 0 Å². The van der Waals surface area contributed by atoms with Gasteiger partial charge in [-0.1, -0.05) is 6.42 Å². The van der Waals surface area contributed by atoms with Crippen LogP contribution in [-0.4, -0.2) is 13.1 Å². The summed E-state index contributed by atoms with van der Waals surface area (Å²) in [6, 6.07) is 1.32. The second-order valence-corrected chi connectivity index (χ2v) is 3.52. The van der Waals surface area contributed by atoms with Crippen LogP contribution in [0.5, 0.6) is 0 Å². The fourth-order valence-electron chi connectivity index (χ4n) is 1.37. The standard InChI is InChI=1S/C11H15F3N2/c12-8-6-9(13)11(10(14)7-8)16-5-3-1-2-4-15/h6-7,16H,1-5,15H2. The van der Waals surface area contributed by atoms with Gasteiger partial charge >= 0.3 is 0 Å². The van der Waals surface area contributed by atoms with Gasteiger partial charge in [-0.15, -0.1) is 0 Å². The number of nitrogens with one attached hydrogen (secondary N) is 1. The topological polar surface area (TPSA) is 38.0 Å². The Hall–Kier alpha value is -1.23. The summed E-state index contributed by atoms with van der Waals surface area (Å²) < 4.78 is 38.8. The molecule has 16 heavy (non-hydrogen) atoms. The van der Waals surface area contributed by atoms with E-state index in [1.54, 1.807) is 0 Å². The van der Waals surface area contributed by atoms with Crippen molar-refractivity contribution < 1.29 is 13.2 Å². The summed E-state index contributed by atoms with van der Waals surface area (Å²) >= 11 is 0. The Kier molecular flexibility index (Phi) is 5.11. The molecule has 1 aromatic rings. The number of anilines is 1. The predicted molar refractivity (Wildman–Crippen MR) is 57.7 cm³/mol. The van der Waals surface area contributed by atoms with E-state index in [1.807, 2.05) is 0 Å². The van der Waals surface area contributed by atoms with Crippen LogP contribution in [0.4, 0.5) is 18.9 Å². The molecule has 0 amide bonds. The molecule has 0 bridgehead atoms. The molecule has 0 radical (unpaired) electrons. The van der Waals surface area contributed by atoms with E-state index < -0.39 is 17.5 Å². The molecule has 0 unspecified atom stereocenters. The van der Waals surface area contributed by atoms with Crippen LogP contribution in [0.1, 0.15) is 19.3 Å². The minimum Gasteiger partial charge on any atom is -0.380 e. The highest BCUT2D eigenvalue weighted by atomic mass is 19.1. The van der Waals surface area contributed by atoms with Gasteiger partial charge in [0.1, 0.15) is 11.5 Å². The van der Waals surface area contributed by atoms with Crippen molar-refractivity contribution in [2.75, 3.05) is 18.4 Å². The summed E-state index contributed by atoms with van der Waals surface area (Å²) in [5, 5.41) is 2.61. The van der Waals surface area contributed by atoms with Crippen molar-refractivity contribution >= 4 is 5.69 Å². The lowest BCUT2D eigenvalue weighted by Crippen LogP contribution is -2.07. The molecule has 2 nitrogen and oxygen atoms in total. The normalized spacial score (nSPS) is 10.5. The molecule has 0 fully saturated rings. The second kappa shape index (κ2) is 6.37. The molecule has 3 N–H and O–H groups in total. The quantitative estimate of drug-likeness (QED) is 0.740. The lowest BCUT2D eigenvalue weighted by molar-refractivity contribution is 0.546. The first-order chi connectivity index (χ1) is 7.65. The Labute approximate surface area is 92.6 Å². The van der Waals surface area contributed by atoms with Crippen LogP contribution in [0.3, 0.4) is 0 Å². The number of hydrogen-bond acceptors (Lipinski definition) is 2. The molecule has 0 aromatic heterocycles. The van der Waals surface area contributed by atoms with Gasteiger partial charge in [-0.05, 0) is 19.4 Å². The Morgan fingerprint density at radius 1 is 1.00 bits per heavy atom. The Morgan fingerprint density at radius 3 is 2.19 bits per heavy atom. The number of benzene rings is 1. The predicted octanol–water partition coefficient (Wildman–Crippen LogP) is 2.64. The van der Waals surface area contributed by atoms with E-state index in [-0.39, 0.29) is 5.69 Å². The third kappa shape index (κ3) is 3.73. The van der Waals surface area contributed by atoms with Crippen LogP contribution in [-0.2, 0) is 0 Å². The van der Waals surface area contributed by atoms with Gasteiger partial charge in [0.2, 0.25) is 0 Å². The van der Waals surface area contributed by atoms with E-state index in [0.29, 0.717) is 25.2 Å². The first kappa shape index (κ1) is 12.8. The highest BCUT2D eigenvalue weighted by Gasteiger charge is 2.10. The van der Waals surface area contributed by atoms with Crippen LogP contribution in [0, 0.1) is 17.5 Å². The summed E-state index contributed by atoms with van der Waals surface area (Å²) in [5.74, 6) is -2.73. The van der Waals surface area contributed by atoms with Gasteiger partial charge in [0.25, 0.3) is 0 Å². The number of halogens is 3. The average Bonchev–Trinajstić information content (AvgIpc) is 2.20. The molecule has 0 spiro atoms. The number of rotatable bonds is 6. The minimum atomic E-state index is -0.913. The lowest BCUT2D eigenvalue weighted by atomic mass is 10.2. The SMILES string of the molecule is NCCCCCNc1c(F)cc(F)cc1F. The molecule has 0 saturated heterocycles. The van der Waals surface area contributed by atoms with Gasteiger partial charge in [0.15, 0.2) is 11.6 Å². The molecule has 0 heterocycles. The van der Waals surface area contributed by atoms with Gasteiger partial charge < -0.3 is 11.1 Å². The molecule has 0 saturated carbocycles. The zero-order valence-corrected chi connectivity index (χ0v) is 8.90. The molecule has 5 heteroatoms. The third-order valence-corrected chi connectivity index (χ3v) is 2.19. The molecular formula is C11H15F3N2. The summed E-state index contributed by atoms with van der Waals surface area (Å²) in [7, 11) is 0. The van der Waals surface area contributed by atoms with Crippen molar-refractivity contribution in [2.45, 2.75) is 19.3 Å². The van der Waals surface area contributed by atoms with Gasteiger partial charge in [-0.2, -0.15) is 0 Å². The van der Waals surface area contributed by atoms with Crippen molar-refractivity contribution in [1.29, 1.82) is 0 Å². The van der Waals surface area contributed by atoms with E-state index in [9.17, 15) is 13.2 Å². The highest BCUT2D eigenvalue weighted by Crippen LogP contribution is 2.20. The van der Waals surface area contributed by atoms with Crippen LogP contribution in [0.2, 0.25) is 0 Å². The van der Waals surface area contributed by atoms with E-state index in [4.69, 9.17) is 5.73 Å². The fourth-order valence-corrected chi connectivity index (χ4v) is 1.37. The van der Waals surface area contributed by atoms with E-state index in [1.165, 1.54) is 0 Å². The van der Waals surface area contributed by atoms with Crippen molar-refractivity contribution in [3.8, 4) is 0 Å². The Balaban J connectivity index is 2.47. The molecule has 0 aliphatic carbocycles. The molecule has 0 atom stereocenters. The molecule has 0 aliphatic rings. The first-order valence-electron chi connectivity index (χ1n) is 5.23. The molecule has 90 valence electrons. The average molecular weight is 232 g/mol. The zero-order valence-electron chi connectivity index (χ0n) is 8.90. The smallest absolute Gasteiger partial charge is 0.152 e. The first-order valence-corrected chi connectivity index (χ1v) is 5.23. The van der Waals surface area contributed by atoms with E-state index in [2.05, 4.69) is 5.32 Å². The van der Waals surface area contributed by atoms with Crippen molar-refractivity contribution in [2.24, 2.45) is 5.73 Å². The van der Waals surface area contributed by atoms with Crippen LogP contribution in [0.15, 0.2) is 12.1 Å². The highest BCUT2D eigenvalue weighted by molar-refractivity contribution is 5.46. The van der Waals surface area contributed by atoms with Gasteiger partial charge in [0, 0.05) is 18.7 Å². The van der Waals surface area contributed by atoms with Crippen LogP contribution >= 0.6 is 0 Å². The molecule has 1 aromatic carbocycles. The van der Waals surface area contributed by atoms with Crippen molar-refractivity contribution in [3.05, 3.63) is 29.6 Å². The zero-order chi connectivity index (χ0) is 12.0. The number of hydrogen-bond donors (Lipinski definition) is 2. The molecular weight excluding hydrogens is 217 g/mol. The largest absolute Gasteiger partial charge is 0.380 e. The monoisotopic (exact) mass is 232 g/mol. The van der Waals surface area contributed by atoms with Crippen molar-refractivity contribution in [3.63, 3.8) is 0 Å². The maximum atomic E-state index is 13.1. The second-order valence-electron chi connectivity index (χ2n) is 3.52. The molecule has 1 rings (SSSR count). The maximum Gasteiger partial charge on any atom is 0.152 e. The summed E-state index contributed by atoms with van der Waals surface area (Å²) in [6.07, 6.45) is 2.55. The Morgan fingerprint density at radius 2 is 1.62 bits per heavy atom. The summed E-state index contributed by atoms with van der Waals surface area (Å²) in [5.41, 5.74) is 5.04. The van der Waals surface area contributed by atoms with Gasteiger partial charge in [-0.3, -0.25) is 0 Å². The summed E-state index contributed by atoms with van der Waals surface area (Å²) in [6.45, 7) is 1.05. The van der Waals surface area contributed by atoms with Gasteiger partial charge in [-0.25, -0.2) is 13.2 Å². The third-order valence-electron chi connectivity index (χ3n) is 2.19. The Bertz CT molecular complexity index is 319. The number of nitrogens with two attached hydrogens (primary N) is 1. The number of unbranched alkanes of at least 4 members (excludes halogenated alkanes) is 2. The lowest BCUT2D eigenvalue weighted by Gasteiger charge is -2.08. The van der Waals surface area contributed by atoms with Crippen molar-refractivity contribution in [1.82, 2.24) is 0 Å². The maximum absolute atomic E-state index is 13.1. The van der Waals surface area contributed by atoms with Gasteiger partial charge in [0.05, 0.1) is 0 Å². The summed E-state index contributed by atoms with van der Waals surface area (Å²) in [4.78, 5) is 0. The van der Waals surface area contributed by atoms with E-state index in [0.717, 1.165) is 19.3 Å². The van der Waals surface area contributed by atoms with Crippen LogP contribution < -0.4 is 11.1 Å².